The average molecular weight is 221 g/mol. The fourth-order valence-electron chi connectivity index (χ4n) is 2.46. The molecule has 1 aromatic carbocycles. The van der Waals surface area contributed by atoms with E-state index in [0.29, 0.717) is 5.92 Å². The molecule has 3 rings (SSSR count). The molecule has 0 aliphatic carbocycles. The molecule has 2 N–H and O–H groups in total. The summed E-state index contributed by atoms with van der Waals surface area (Å²) in [5, 5.41) is 5.50. The summed E-state index contributed by atoms with van der Waals surface area (Å²) in [6.45, 7) is 4.23. The lowest BCUT2D eigenvalue weighted by Crippen LogP contribution is -2.26. The summed E-state index contributed by atoms with van der Waals surface area (Å²) in [5.74, 6) is 0.556. The molecule has 1 aliphatic heterocycles. The molecule has 0 amide bonds. The van der Waals surface area contributed by atoms with Gasteiger partial charge in [0.2, 0.25) is 0 Å². The maximum atomic E-state index is 6.04. The maximum absolute atomic E-state index is 6.04. The monoisotopic (exact) mass is 220 g/mol. The van der Waals surface area contributed by atoms with Crippen LogP contribution >= 0.6 is 11.6 Å². The highest BCUT2D eigenvalue weighted by molar-refractivity contribution is 6.31. The second-order valence-electron chi connectivity index (χ2n) is 4.24. The van der Waals surface area contributed by atoms with Gasteiger partial charge in [-0.05, 0) is 29.7 Å². The number of aromatic amines is 1. The van der Waals surface area contributed by atoms with Gasteiger partial charge in [-0.2, -0.15) is 0 Å². The van der Waals surface area contributed by atoms with Gasteiger partial charge >= 0.3 is 0 Å². The number of rotatable bonds is 0. The fourth-order valence-corrected chi connectivity index (χ4v) is 2.63. The standard InChI is InChI=1S/C12H13ClN2/c1-7-5-14-6-11-12(7)9-4-8(13)2-3-10(9)15-11/h2-4,7,14-15H,5-6H2,1H3. The van der Waals surface area contributed by atoms with Gasteiger partial charge in [-0.3, -0.25) is 0 Å². The fraction of sp³-hybridized carbons (Fsp3) is 0.333. The SMILES string of the molecule is CC1CNCc2[nH]c3ccc(Cl)cc3c21. The zero-order valence-electron chi connectivity index (χ0n) is 8.60. The van der Waals surface area contributed by atoms with Crippen LogP contribution in [-0.2, 0) is 6.54 Å². The van der Waals surface area contributed by atoms with E-state index in [9.17, 15) is 0 Å². The van der Waals surface area contributed by atoms with Crippen molar-refractivity contribution in [2.75, 3.05) is 6.54 Å². The largest absolute Gasteiger partial charge is 0.357 e. The van der Waals surface area contributed by atoms with Gasteiger partial charge in [0.05, 0.1) is 0 Å². The first kappa shape index (κ1) is 9.25. The predicted molar refractivity (Wildman–Crippen MR) is 63.4 cm³/mol. The number of hydrogen-bond donors (Lipinski definition) is 2. The van der Waals surface area contributed by atoms with E-state index in [-0.39, 0.29) is 0 Å². The zero-order chi connectivity index (χ0) is 10.4. The van der Waals surface area contributed by atoms with Crippen molar-refractivity contribution in [3.63, 3.8) is 0 Å². The van der Waals surface area contributed by atoms with Gasteiger partial charge in [-0.25, -0.2) is 0 Å². The topological polar surface area (TPSA) is 27.8 Å². The summed E-state index contributed by atoms with van der Waals surface area (Å²) in [6.07, 6.45) is 0. The Balaban J connectivity index is 2.33. The first-order valence-corrected chi connectivity index (χ1v) is 5.64. The van der Waals surface area contributed by atoms with Gasteiger partial charge in [-0.1, -0.05) is 18.5 Å². The van der Waals surface area contributed by atoms with E-state index in [4.69, 9.17) is 11.6 Å². The molecule has 0 fully saturated rings. The van der Waals surface area contributed by atoms with Gasteiger partial charge in [0.15, 0.2) is 0 Å². The Hall–Kier alpha value is -0.990. The Morgan fingerprint density at radius 1 is 1.40 bits per heavy atom. The molecule has 0 radical (unpaired) electrons. The van der Waals surface area contributed by atoms with Crippen LogP contribution in [0.5, 0.6) is 0 Å². The molecule has 1 unspecified atom stereocenters. The van der Waals surface area contributed by atoms with Crippen molar-refractivity contribution in [2.24, 2.45) is 0 Å². The van der Waals surface area contributed by atoms with Crippen molar-refractivity contribution >= 4 is 22.5 Å². The normalized spacial score (nSPS) is 20.5. The number of benzene rings is 1. The molecule has 2 nitrogen and oxygen atoms in total. The van der Waals surface area contributed by atoms with Crippen LogP contribution < -0.4 is 5.32 Å². The third-order valence-electron chi connectivity index (χ3n) is 3.13. The predicted octanol–water partition coefficient (Wildman–Crippen LogP) is 3.03. The highest BCUT2D eigenvalue weighted by Gasteiger charge is 2.20. The summed E-state index contributed by atoms with van der Waals surface area (Å²) in [4.78, 5) is 3.45. The molecule has 15 heavy (non-hydrogen) atoms. The summed E-state index contributed by atoms with van der Waals surface area (Å²) >= 11 is 6.04. The summed E-state index contributed by atoms with van der Waals surface area (Å²) in [5.41, 5.74) is 3.94. The lowest BCUT2D eigenvalue weighted by atomic mass is 9.95. The number of nitrogens with one attached hydrogen (secondary N) is 2. The minimum atomic E-state index is 0.556. The minimum Gasteiger partial charge on any atom is -0.357 e. The molecule has 1 atom stereocenters. The van der Waals surface area contributed by atoms with Crippen molar-refractivity contribution in [3.05, 3.63) is 34.5 Å². The van der Waals surface area contributed by atoms with Gasteiger partial charge in [0.1, 0.15) is 0 Å². The molecule has 3 heteroatoms. The van der Waals surface area contributed by atoms with Gasteiger partial charge in [0, 0.05) is 34.7 Å². The average Bonchev–Trinajstić information content (AvgIpc) is 2.57. The number of aromatic nitrogens is 1. The molecule has 0 spiro atoms. The van der Waals surface area contributed by atoms with Crippen LogP contribution in [0.15, 0.2) is 18.2 Å². The van der Waals surface area contributed by atoms with Crippen LogP contribution in [0.2, 0.25) is 5.02 Å². The van der Waals surface area contributed by atoms with Gasteiger partial charge < -0.3 is 10.3 Å². The van der Waals surface area contributed by atoms with E-state index in [2.05, 4.69) is 29.4 Å². The van der Waals surface area contributed by atoms with Crippen LogP contribution in [-0.4, -0.2) is 11.5 Å². The number of fused-ring (bicyclic) bond motifs is 3. The quantitative estimate of drug-likeness (QED) is 0.702. The highest BCUT2D eigenvalue weighted by Crippen LogP contribution is 2.32. The van der Waals surface area contributed by atoms with E-state index in [1.54, 1.807) is 0 Å². The maximum Gasteiger partial charge on any atom is 0.0460 e. The third-order valence-corrected chi connectivity index (χ3v) is 3.36. The van der Waals surface area contributed by atoms with E-state index in [1.807, 2.05) is 6.07 Å². The van der Waals surface area contributed by atoms with Gasteiger partial charge in [-0.15, -0.1) is 0 Å². The molecule has 1 aromatic heterocycles. The van der Waals surface area contributed by atoms with Crippen LogP contribution in [0.25, 0.3) is 10.9 Å². The van der Waals surface area contributed by atoms with E-state index in [1.165, 1.54) is 22.2 Å². The Bertz CT molecular complexity index is 516. The summed E-state index contributed by atoms with van der Waals surface area (Å²) in [6, 6.07) is 6.06. The summed E-state index contributed by atoms with van der Waals surface area (Å²) in [7, 11) is 0. The van der Waals surface area contributed by atoms with Crippen LogP contribution in [0.1, 0.15) is 24.1 Å². The molecular formula is C12H13ClN2. The van der Waals surface area contributed by atoms with Crippen molar-refractivity contribution in [1.29, 1.82) is 0 Å². The van der Waals surface area contributed by atoms with Crippen molar-refractivity contribution < 1.29 is 0 Å². The molecule has 0 saturated carbocycles. The van der Waals surface area contributed by atoms with Crippen molar-refractivity contribution in [2.45, 2.75) is 19.4 Å². The smallest absolute Gasteiger partial charge is 0.0460 e. The molecular weight excluding hydrogens is 208 g/mol. The highest BCUT2D eigenvalue weighted by atomic mass is 35.5. The molecule has 2 heterocycles. The van der Waals surface area contributed by atoms with Gasteiger partial charge in [0.25, 0.3) is 0 Å². The van der Waals surface area contributed by atoms with Crippen LogP contribution in [0, 0.1) is 0 Å². The molecule has 0 saturated heterocycles. The van der Waals surface area contributed by atoms with E-state index >= 15 is 0 Å². The Kier molecular flexibility index (Phi) is 2.01. The van der Waals surface area contributed by atoms with E-state index < -0.39 is 0 Å². The van der Waals surface area contributed by atoms with Crippen molar-refractivity contribution in [1.82, 2.24) is 10.3 Å². The Morgan fingerprint density at radius 3 is 3.13 bits per heavy atom. The molecule has 0 bridgehead atoms. The first-order valence-electron chi connectivity index (χ1n) is 5.26. The Morgan fingerprint density at radius 2 is 2.27 bits per heavy atom. The van der Waals surface area contributed by atoms with Crippen molar-refractivity contribution in [3.8, 4) is 0 Å². The zero-order valence-corrected chi connectivity index (χ0v) is 9.36. The first-order chi connectivity index (χ1) is 7.25. The number of halogens is 1. The van der Waals surface area contributed by atoms with Crippen LogP contribution in [0.3, 0.4) is 0 Å². The lowest BCUT2D eigenvalue weighted by molar-refractivity contribution is 0.568. The molecule has 78 valence electrons. The molecule has 2 aromatic rings. The third kappa shape index (κ3) is 1.36. The molecule has 1 aliphatic rings. The second kappa shape index (κ2) is 3.26. The summed E-state index contributed by atoms with van der Waals surface area (Å²) < 4.78 is 0. The van der Waals surface area contributed by atoms with Crippen LogP contribution in [0.4, 0.5) is 0 Å². The number of hydrogen-bond acceptors (Lipinski definition) is 1. The lowest BCUT2D eigenvalue weighted by Gasteiger charge is -2.20. The minimum absolute atomic E-state index is 0.556. The number of H-pyrrole nitrogens is 1. The van der Waals surface area contributed by atoms with E-state index in [0.717, 1.165) is 18.1 Å². The second-order valence-corrected chi connectivity index (χ2v) is 4.68. The Labute approximate surface area is 93.6 Å².